The Hall–Kier alpha value is -1.90. The number of hydrogen-bond donors (Lipinski definition) is 1. The standard InChI is InChI=1S/C22H35N7O.ClH/c1-4-29-18(3)20(17(2)25-29)15-26-11-13-28(14-12-26)22-21(23-7-8-24-22)27-9-5-19(16-30)6-10-27;/h7-8,19,30H,4-6,9-16H2,1-3H3;1H. The highest BCUT2D eigenvalue weighted by Crippen LogP contribution is 2.29. The summed E-state index contributed by atoms with van der Waals surface area (Å²) in [5, 5.41) is 14.1. The molecule has 2 fully saturated rings. The maximum atomic E-state index is 9.42. The number of aliphatic hydroxyl groups is 1. The van der Waals surface area contributed by atoms with Gasteiger partial charge >= 0.3 is 0 Å². The zero-order valence-electron chi connectivity index (χ0n) is 19.0. The van der Waals surface area contributed by atoms with Gasteiger partial charge < -0.3 is 14.9 Å². The third-order valence-electron chi connectivity index (χ3n) is 6.72. The zero-order chi connectivity index (χ0) is 21.1. The maximum Gasteiger partial charge on any atom is 0.172 e. The third-order valence-corrected chi connectivity index (χ3v) is 6.72. The summed E-state index contributed by atoms with van der Waals surface area (Å²) in [4.78, 5) is 16.6. The van der Waals surface area contributed by atoms with Gasteiger partial charge in [-0.25, -0.2) is 9.97 Å². The Morgan fingerprint density at radius 3 is 2.03 bits per heavy atom. The highest BCUT2D eigenvalue weighted by Gasteiger charge is 2.26. The summed E-state index contributed by atoms with van der Waals surface area (Å²) < 4.78 is 2.10. The number of piperidine rings is 1. The number of nitrogens with zero attached hydrogens (tertiary/aromatic N) is 7. The molecule has 172 valence electrons. The van der Waals surface area contributed by atoms with Gasteiger partial charge in [0.2, 0.25) is 0 Å². The van der Waals surface area contributed by atoms with E-state index in [1.807, 2.05) is 0 Å². The highest BCUT2D eigenvalue weighted by molar-refractivity contribution is 5.85. The molecule has 31 heavy (non-hydrogen) atoms. The van der Waals surface area contributed by atoms with Crippen molar-refractivity contribution in [2.24, 2.45) is 5.92 Å². The summed E-state index contributed by atoms with van der Waals surface area (Å²) in [7, 11) is 0. The van der Waals surface area contributed by atoms with Crippen LogP contribution < -0.4 is 9.80 Å². The van der Waals surface area contributed by atoms with Crippen molar-refractivity contribution in [2.45, 2.75) is 46.7 Å². The predicted octanol–water partition coefficient (Wildman–Crippen LogP) is 2.26. The monoisotopic (exact) mass is 449 g/mol. The van der Waals surface area contributed by atoms with Crippen molar-refractivity contribution in [1.82, 2.24) is 24.6 Å². The Kier molecular flexibility index (Phi) is 8.13. The molecule has 0 amide bonds. The molecule has 0 radical (unpaired) electrons. The molecule has 2 aromatic rings. The van der Waals surface area contributed by atoms with Crippen LogP contribution in [0.25, 0.3) is 0 Å². The van der Waals surface area contributed by atoms with E-state index in [1.54, 1.807) is 12.4 Å². The average Bonchev–Trinajstić information content (AvgIpc) is 3.07. The van der Waals surface area contributed by atoms with E-state index < -0.39 is 0 Å². The van der Waals surface area contributed by atoms with Crippen LogP contribution in [-0.2, 0) is 13.1 Å². The second-order valence-corrected chi connectivity index (χ2v) is 8.54. The van der Waals surface area contributed by atoms with Crippen LogP contribution in [-0.4, -0.2) is 75.6 Å². The van der Waals surface area contributed by atoms with Crippen molar-refractivity contribution in [2.75, 3.05) is 55.7 Å². The molecule has 1 N–H and O–H groups in total. The van der Waals surface area contributed by atoms with E-state index in [0.29, 0.717) is 12.5 Å². The molecule has 2 saturated heterocycles. The first-order chi connectivity index (χ1) is 14.6. The van der Waals surface area contributed by atoms with Crippen LogP contribution in [0.4, 0.5) is 11.6 Å². The first kappa shape index (κ1) is 23.8. The molecule has 0 saturated carbocycles. The van der Waals surface area contributed by atoms with E-state index in [0.717, 1.165) is 82.5 Å². The van der Waals surface area contributed by atoms with Gasteiger partial charge in [-0.3, -0.25) is 9.58 Å². The Balaban J connectivity index is 0.00000272. The van der Waals surface area contributed by atoms with Gasteiger partial charge in [-0.2, -0.15) is 5.10 Å². The molecule has 9 heteroatoms. The van der Waals surface area contributed by atoms with E-state index in [2.05, 4.69) is 50.2 Å². The SMILES string of the molecule is CCn1nc(C)c(CN2CCN(c3nccnc3N3CCC(CO)CC3)CC2)c1C.Cl. The molecule has 0 bridgehead atoms. The van der Waals surface area contributed by atoms with E-state index >= 15 is 0 Å². The number of halogens is 1. The Morgan fingerprint density at radius 1 is 0.935 bits per heavy atom. The Bertz CT molecular complexity index is 842. The minimum absolute atomic E-state index is 0. The number of aliphatic hydroxyl groups excluding tert-OH is 1. The zero-order valence-corrected chi connectivity index (χ0v) is 19.8. The number of piperazine rings is 1. The lowest BCUT2D eigenvalue weighted by atomic mass is 9.98. The van der Waals surface area contributed by atoms with E-state index in [-0.39, 0.29) is 12.4 Å². The summed E-state index contributed by atoms with van der Waals surface area (Å²) in [6, 6.07) is 0. The molecule has 0 aliphatic carbocycles. The van der Waals surface area contributed by atoms with Gasteiger partial charge in [0.15, 0.2) is 11.6 Å². The molecule has 2 aromatic heterocycles. The molecular weight excluding hydrogens is 414 g/mol. The average molecular weight is 450 g/mol. The fourth-order valence-corrected chi connectivity index (χ4v) is 4.71. The molecule has 0 unspecified atom stereocenters. The normalized spacial score (nSPS) is 18.3. The molecule has 0 aromatic carbocycles. The fraction of sp³-hybridized carbons (Fsp3) is 0.682. The molecule has 2 aliphatic rings. The van der Waals surface area contributed by atoms with E-state index in [4.69, 9.17) is 4.98 Å². The third kappa shape index (κ3) is 5.13. The molecular formula is C22H36ClN7O. The van der Waals surface area contributed by atoms with E-state index in [1.165, 1.54) is 11.3 Å². The quantitative estimate of drug-likeness (QED) is 0.725. The van der Waals surface area contributed by atoms with Crippen LogP contribution in [0.1, 0.15) is 36.7 Å². The minimum Gasteiger partial charge on any atom is -0.396 e. The predicted molar refractivity (Wildman–Crippen MR) is 126 cm³/mol. The maximum absolute atomic E-state index is 9.42. The van der Waals surface area contributed by atoms with E-state index in [9.17, 15) is 5.11 Å². The summed E-state index contributed by atoms with van der Waals surface area (Å²) in [5.41, 5.74) is 3.82. The van der Waals surface area contributed by atoms with Crippen LogP contribution >= 0.6 is 12.4 Å². The van der Waals surface area contributed by atoms with Crippen molar-refractivity contribution in [3.05, 3.63) is 29.3 Å². The van der Waals surface area contributed by atoms with Crippen LogP contribution in [0, 0.1) is 19.8 Å². The second kappa shape index (κ2) is 10.6. The van der Waals surface area contributed by atoms with Gasteiger partial charge in [-0.1, -0.05) is 0 Å². The lowest BCUT2D eigenvalue weighted by Crippen LogP contribution is -2.47. The fourth-order valence-electron chi connectivity index (χ4n) is 4.71. The van der Waals surface area contributed by atoms with Crippen molar-refractivity contribution in [1.29, 1.82) is 0 Å². The summed E-state index contributed by atoms with van der Waals surface area (Å²) in [6.07, 6.45) is 5.64. The van der Waals surface area contributed by atoms with Gasteiger partial charge in [0.05, 0.1) is 5.69 Å². The molecule has 4 heterocycles. The first-order valence-corrected chi connectivity index (χ1v) is 11.3. The number of hydrogen-bond acceptors (Lipinski definition) is 7. The van der Waals surface area contributed by atoms with Crippen molar-refractivity contribution in [3.63, 3.8) is 0 Å². The summed E-state index contributed by atoms with van der Waals surface area (Å²) in [5.74, 6) is 2.43. The molecule has 0 spiro atoms. The number of aryl methyl sites for hydroxylation is 2. The lowest BCUT2D eigenvalue weighted by Gasteiger charge is -2.38. The van der Waals surface area contributed by atoms with Crippen molar-refractivity contribution < 1.29 is 5.11 Å². The van der Waals surface area contributed by atoms with Crippen LogP contribution in [0.2, 0.25) is 0 Å². The van der Waals surface area contributed by atoms with Gasteiger partial charge in [0.25, 0.3) is 0 Å². The largest absolute Gasteiger partial charge is 0.396 e. The lowest BCUT2D eigenvalue weighted by molar-refractivity contribution is 0.202. The molecule has 8 nitrogen and oxygen atoms in total. The second-order valence-electron chi connectivity index (χ2n) is 8.54. The summed E-state index contributed by atoms with van der Waals surface area (Å²) in [6.45, 7) is 14.4. The van der Waals surface area contributed by atoms with Crippen LogP contribution in [0.3, 0.4) is 0 Å². The van der Waals surface area contributed by atoms with Gasteiger partial charge in [-0.15, -0.1) is 12.4 Å². The molecule has 0 atom stereocenters. The topological polar surface area (TPSA) is 73.6 Å². The summed E-state index contributed by atoms with van der Waals surface area (Å²) >= 11 is 0. The van der Waals surface area contributed by atoms with Gasteiger partial charge in [-0.05, 0) is 39.5 Å². The first-order valence-electron chi connectivity index (χ1n) is 11.3. The molecule has 4 rings (SSSR count). The number of anilines is 2. The van der Waals surface area contributed by atoms with Crippen molar-refractivity contribution in [3.8, 4) is 0 Å². The highest BCUT2D eigenvalue weighted by atomic mass is 35.5. The smallest absolute Gasteiger partial charge is 0.172 e. The Labute approximate surface area is 191 Å². The number of rotatable bonds is 6. The van der Waals surface area contributed by atoms with Crippen LogP contribution in [0.5, 0.6) is 0 Å². The Morgan fingerprint density at radius 2 is 1.52 bits per heavy atom. The van der Waals surface area contributed by atoms with Crippen LogP contribution in [0.15, 0.2) is 12.4 Å². The van der Waals surface area contributed by atoms with Gasteiger partial charge in [0.1, 0.15) is 0 Å². The number of aromatic nitrogens is 4. The van der Waals surface area contributed by atoms with Crippen molar-refractivity contribution >= 4 is 24.0 Å². The minimum atomic E-state index is 0. The van der Waals surface area contributed by atoms with Gasteiger partial charge in [0, 0.05) is 82.6 Å². The molecule has 2 aliphatic heterocycles.